The fourth-order valence-corrected chi connectivity index (χ4v) is 11.6. The third-order valence-electron chi connectivity index (χ3n) is 15.9. The SMILES string of the molecule is CC/C=C\C/C=C\C/C=C\C/C=C\CCCCC(=O)OC(COC(=O)CCCCCCCCC/C=C\C/C=C\C/C=C\CC)COP(=O)(O)OCC(O)COP(=O)(O)OCC(COC(=O)CCCCCCC/C=C\C/C=C\CCCCC)OC(=O)CCCCCCC/C=C\CCCCCC. The van der Waals surface area contributed by atoms with Crippen molar-refractivity contribution in [3.05, 3.63) is 122 Å². The normalized spacial score (nSPS) is 14.6. The van der Waals surface area contributed by atoms with Gasteiger partial charge in [-0.25, -0.2) is 9.13 Å². The van der Waals surface area contributed by atoms with Crippen molar-refractivity contribution in [1.82, 2.24) is 0 Å². The minimum Gasteiger partial charge on any atom is -0.462 e. The molecule has 574 valence electrons. The second-order valence-electron chi connectivity index (χ2n) is 25.5. The third kappa shape index (κ3) is 71.8. The Hall–Kier alpha value is -4.54. The molecule has 19 heteroatoms. The molecule has 0 rings (SSSR count). The van der Waals surface area contributed by atoms with E-state index in [1.807, 2.05) is 0 Å². The summed E-state index contributed by atoms with van der Waals surface area (Å²) in [5, 5.41) is 10.6. The van der Waals surface area contributed by atoms with Gasteiger partial charge in [-0.05, 0) is 154 Å². The lowest BCUT2D eigenvalue weighted by molar-refractivity contribution is -0.161. The van der Waals surface area contributed by atoms with E-state index in [1.165, 1.54) is 44.9 Å². The molecule has 5 atom stereocenters. The van der Waals surface area contributed by atoms with Gasteiger partial charge in [0.1, 0.15) is 19.3 Å². The number of carbonyl (C=O) groups is 4. The van der Waals surface area contributed by atoms with Crippen molar-refractivity contribution in [3.63, 3.8) is 0 Å². The summed E-state index contributed by atoms with van der Waals surface area (Å²) in [6, 6.07) is 0. The number of phosphoric acid groups is 2. The zero-order chi connectivity index (χ0) is 73.2. The van der Waals surface area contributed by atoms with Crippen LogP contribution in [0.25, 0.3) is 0 Å². The minimum atomic E-state index is -4.99. The average molecular weight is 1450 g/mol. The first kappa shape index (κ1) is 95.5. The molecule has 0 aliphatic heterocycles. The summed E-state index contributed by atoms with van der Waals surface area (Å²) < 4.78 is 68.5. The van der Waals surface area contributed by atoms with E-state index in [2.05, 4.69) is 149 Å². The van der Waals surface area contributed by atoms with Crippen LogP contribution in [0.15, 0.2) is 122 Å². The van der Waals surface area contributed by atoms with E-state index in [4.69, 9.17) is 37.0 Å². The Bertz CT molecular complexity index is 2370. The molecule has 0 saturated carbocycles. The highest BCUT2D eigenvalue weighted by atomic mass is 31.2. The highest BCUT2D eigenvalue weighted by molar-refractivity contribution is 7.47. The van der Waals surface area contributed by atoms with Gasteiger partial charge in [0.2, 0.25) is 0 Å². The zero-order valence-corrected chi connectivity index (χ0v) is 64.4. The van der Waals surface area contributed by atoms with Gasteiger partial charge in [-0.1, -0.05) is 252 Å². The van der Waals surface area contributed by atoms with Crippen LogP contribution in [0.5, 0.6) is 0 Å². The van der Waals surface area contributed by atoms with E-state index in [0.717, 1.165) is 180 Å². The van der Waals surface area contributed by atoms with E-state index in [9.17, 15) is 43.2 Å². The third-order valence-corrected chi connectivity index (χ3v) is 17.8. The standard InChI is InChI=1S/C81H138O17P2/c1-5-9-13-17-21-25-29-33-36-37-40-43-46-50-54-58-62-66-79(84)92-72-77(98-81(86)68-64-60-56-52-48-44-39-35-31-27-23-19-15-11-7-3)74-96-100(89,90)94-70-75(82)69-93-99(87,88)95-73-76(97-80(85)67-63-59-55-51-47-41-32-28-24-20-16-12-8-4)71-91-78(83)65-61-57-53-49-45-42-38-34-30-26-22-18-14-10-6-2/h9,11,13,15,21-23,25-28,32-36,38-39,48,52,75-77,82H,5-8,10,12,14,16-20,24,29-31,37,40-47,49-51,53-74H2,1-4H3,(H,87,88)(H,89,90)/b13-9-,15-11-,25-21-,26-22-,27-23-,32-28-,36-33-,38-34-,39-35-,52-48-. The van der Waals surface area contributed by atoms with Crippen LogP contribution in [0, 0.1) is 0 Å². The van der Waals surface area contributed by atoms with E-state index < -0.39 is 97.5 Å². The van der Waals surface area contributed by atoms with Gasteiger partial charge in [-0.3, -0.25) is 37.3 Å². The predicted molar refractivity (Wildman–Crippen MR) is 408 cm³/mol. The Morgan fingerprint density at radius 3 is 0.850 bits per heavy atom. The number of aliphatic hydroxyl groups excluding tert-OH is 1. The van der Waals surface area contributed by atoms with Gasteiger partial charge in [0.25, 0.3) is 0 Å². The van der Waals surface area contributed by atoms with Gasteiger partial charge >= 0.3 is 39.5 Å². The summed E-state index contributed by atoms with van der Waals surface area (Å²) in [6.07, 6.45) is 79.0. The number of rotatable bonds is 72. The number of hydrogen-bond donors (Lipinski definition) is 3. The number of unbranched alkanes of at least 4 members (excludes halogenated alkanes) is 26. The monoisotopic (exact) mass is 1440 g/mol. The molecule has 0 saturated heterocycles. The first-order valence-corrected chi connectivity index (χ1v) is 41.8. The molecule has 0 aliphatic carbocycles. The van der Waals surface area contributed by atoms with Crippen molar-refractivity contribution in [2.75, 3.05) is 39.6 Å². The molecular formula is C81H138O17P2. The summed E-state index contributed by atoms with van der Waals surface area (Å²) in [5.41, 5.74) is 0. The molecule has 0 spiro atoms. The summed E-state index contributed by atoms with van der Waals surface area (Å²) in [6.45, 7) is 4.53. The van der Waals surface area contributed by atoms with Crippen molar-refractivity contribution < 1.29 is 80.2 Å². The highest BCUT2D eigenvalue weighted by Gasteiger charge is 2.30. The quantitative estimate of drug-likeness (QED) is 0.0169. The first-order valence-electron chi connectivity index (χ1n) is 38.8. The van der Waals surface area contributed by atoms with Gasteiger partial charge in [0, 0.05) is 25.7 Å². The smallest absolute Gasteiger partial charge is 0.462 e. The first-order chi connectivity index (χ1) is 48.7. The molecule has 0 aromatic carbocycles. The molecule has 0 fully saturated rings. The number of ether oxygens (including phenoxy) is 4. The lowest BCUT2D eigenvalue weighted by atomic mass is 10.1. The molecule has 0 radical (unpaired) electrons. The molecule has 5 unspecified atom stereocenters. The Morgan fingerprint density at radius 2 is 0.520 bits per heavy atom. The van der Waals surface area contributed by atoms with Crippen LogP contribution in [0.3, 0.4) is 0 Å². The van der Waals surface area contributed by atoms with E-state index in [-0.39, 0.29) is 25.7 Å². The van der Waals surface area contributed by atoms with Gasteiger partial charge in [-0.2, -0.15) is 0 Å². The molecule has 0 heterocycles. The van der Waals surface area contributed by atoms with Crippen molar-refractivity contribution in [1.29, 1.82) is 0 Å². The molecule has 17 nitrogen and oxygen atoms in total. The number of hydrogen-bond acceptors (Lipinski definition) is 15. The molecule has 0 amide bonds. The summed E-state index contributed by atoms with van der Waals surface area (Å²) in [5.74, 6) is -2.25. The van der Waals surface area contributed by atoms with Gasteiger partial charge in [0.05, 0.1) is 26.4 Å². The van der Waals surface area contributed by atoms with Crippen molar-refractivity contribution in [2.45, 2.75) is 329 Å². The number of carbonyl (C=O) groups excluding carboxylic acids is 4. The summed E-state index contributed by atoms with van der Waals surface area (Å²) in [4.78, 5) is 72.9. The second kappa shape index (κ2) is 72.8. The maximum atomic E-state index is 13.1. The Labute approximate surface area is 606 Å². The lowest BCUT2D eigenvalue weighted by Gasteiger charge is -2.21. The Balaban J connectivity index is 5.40. The molecule has 0 aromatic heterocycles. The van der Waals surface area contributed by atoms with Gasteiger partial charge < -0.3 is 33.8 Å². The fraction of sp³-hybridized carbons (Fsp3) is 0.704. The Morgan fingerprint density at radius 1 is 0.290 bits per heavy atom. The van der Waals surface area contributed by atoms with Gasteiger partial charge in [-0.15, -0.1) is 0 Å². The second-order valence-corrected chi connectivity index (χ2v) is 28.4. The van der Waals surface area contributed by atoms with E-state index >= 15 is 0 Å². The molecule has 0 bridgehead atoms. The largest absolute Gasteiger partial charge is 0.472 e. The molecule has 0 aliphatic rings. The van der Waals surface area contributed by atoms with Crippen LogP contribution in [-0.4, -0.2) is 96.7 Å². The van der Waals surface area contributed by atoms with E-state index in [1.54, 1.807) is 0 Å². The van der Waals surface area contributed by atoms with Crippen LogP contribution in [0.1, 0.15) is 310 Å². The lowest BCUT2D eigenvalue weighted by Crippen LogP contribution is -2.30. The minimum absolute atomic E-state index is 0.0378. The summed E-state index contributed by atoms with van der Waals surface area (Å²) in [7, 11) is -9.97. The van der Waals surface area contributed by atoms with Gasteiger partial charge in [0.15, 0.2) is 12.2 Å². The van der Waals surface area contributed by atoms with Crippen LogP contribution in [0.4, 0.5) is 0 Å². The Kier molecular flexibility index (Phi) is 69.5. The van der Waals surface area contributed by atoms with Crippen LogP contribution in [-0.2, 0) is 65.4 Å². The molecular weight excluding hydrogens is 1310 g/mol. The predicted octanol–water partition coefficient (Wildman–Crippen LogP) is 22.3. The number of esters is 4. The highest BCUT2D eigenvalue weighted by Crippen LogP contribution is 2.45. The molecule has 100 heavy (non-hydrogen) atoms. The topological polar surface area (TPSA) is 237 Å². The van der Waals surface area contributed by atoms with E-state index in [0.29, 0.717) is 32.1 Å². The van der Waals surface area contributed by atoms with Crippen LogP contribution < -0.4 is 0 Å². The van der Waals surface area contributed by atoms with Crippen molar-refractivity contribution in [3.8, 4) is 0 Å². The maximum Gasteiger partial charge on any atom is 0.472 e. The molecule has 3 N–H and O–H groups in total. The maximum absolute atomic E-state index is 13.1. The number of allylic oxidation sites excluding steroid dienone is 20. The van der Waals surface area contributed by atoms with Crippen LogP contribution in [0.2, 0.25) is 0 Å². The summed E-state index contributed by atoms with van der Waals surface area (Å²) >= 11 is 0. The van der Waals surface area contributed by atoms with Crippen LogP contribution >= 0.6 is 15.6 Å². The molecule has 0 aromatic rings. The number of phosphoric ester groups is 2. The van der Waals surface area contributed by atoms with Crippen molar-refractivity contribution in [2.24, 2.45) is 0 Å². The average Bonchev–Trinajstić information content (AvgIpc) is 0.932. The number of aliphatic hydroxyl groups is 1. The zero-order valence-electron chi connectivity index (χ0n) is 62.6. The van der Waals surface area contributed by atoms with Crippen molar-refractivity contribution >= 4 is 39.5 Å². The fourth-order valence-electron chi connectivity index (χ4n) is 10.0.